The van der Waals surface area contributed by atoms with Crippen molar-refractivity contribution < 1.29 is 0 Å². The van der Waals surface area contributed by atoms with Crippen LogP contribution < -0.4 is 5.32 Å². The SMILES string of the molecule is C=CCCCc1cc2c3c(c1)C(C)(C)c1cc(Cc4ccc(C)cc4)cc(c1N3)C(C)(C)c1cc(CCCCC)cc(c1)C2(C)C. The predicted molar refractivity (Wildman–Crippen MR) is 199 cm³/mol. The third-order valence-electron chi connectivity index (χ3n) is 11.2. The van der Waals surface area contributed by atoms with Gasteiger partial charge in [0.25, 0.3) is 0 Å². The van der Waals surface area contributed by atoms with Gasteiger partial charge in [-0.1, -0.05) is 140 Å². The number of aryl methyl sites for hydroxylation is 3. The molecule has 4 aromatic carbocycles. The van der Waals surface area contributed by atoms with E-state index in [0.717, 1.165) is 32.1 Å². The van der Waals surface area contributed by atoms with Crippen molar-refractivity contribution in [1.29, 1.82) is 0 Å². The molecular weight excluding hydrogens is 555 g/mol. The summed E-state index contributed by atoms with van der Waals surface area (Å²) in [7, 11) is 0. The van der Waals surface area contributed by atoms with E-state index in [4.69, 9.17) is 0 Å². The molecule has 2 aliphatic heterocycles. The number of hydrogen-bond acceptors (Lipinski definition) is 1. The summed E-state index contributed by atoms with van der Waals surface area (Å²) >= 11 is 0. The molecule has 0 unspecified atom stereocenters. The van der Waals surface area contributed by atoms with Crippen molar-refractivity contribution >= 4 is 11.4 Å². The van der Waals surface area contributed by atoms with Crippen LogP contribution in [0.5, 0.6) is 0 Å². The van der Waals surface area contributed by atoms with E-state index >= 15 is 0 Å². The molecular formula is C45H55N. The largest absolute Gasteiger partial charge is 0.355 e. The van der Waals surface area contributed by atoms with Gasteiger partial charge in [-0.3, -0.25) is 0 Å². The average Bonchev–Trinajstić information content (AvgIpc) is 3.02. The highest BCUT2D eigenvalue weighted by Gasteiger charge is 2.42. The lowest BCUT2D eigenvalue weighted by Gasteiger charge is -2.44. The number of benzene rings is 4. The van der Waals surface area contributed by atoms with Gasteiger partial charge in [-0.25, -0.2) is 0 Å². The Morgan fingerprint density at radius 2 is 1.09 bits per heavy atom. The third kappa shape index (κ3) is 5.76. The molecule has 0 aromatic heterocycles. The number of nitrogens with one attached hydrogen (secondary N) is 1. The number of allylic oxidation sites excluding steroid dienone is 1. The van der Waals surface area contributed by atoms with Gasteiger partial charge in [-0.15, -0.1) is 6.58 Å². The molecule has 2 heterocycles. The smallest absolute Gasteiger partial charge is 0.0467 e. The van der Waals surface area contributed by atoms with Crippen LogP contribution in [0.1, 0.15) is 142 Å². The number of rotatable bonds is 10. The molecule has 240 valence electrons. The van der Waals surface area contributed by atoms with Gasteiger partial charge in [0, 0.05) is 27.6 Å². The van der Waals surface area contributed by atoms with E-state index in [1.54, 1.807) is 0 Å². The molecule has 4 bridgehead atoms. The average molecular weight is 610 g/mol. The quantitative estimate of drug-likeness (QED) is 0.139. The lowest BCUT2D eigenvalue weighted by Crippen LogP contribution is -2.34. The van der Waals surface area contributed by atoms with Crippen molar-refractivity contribution in [2.75, 3.05) is 5.32 Å². The Balaban J connectivity index is 1.64. The van der Waals surface area contributed by atoms with E-state index in [-0.39, 0.29) is 16.2 Å². The van der Waals surface area contributed by atoms with Gasteiger partial charge < -0.3 is 5.32 Å². The molecule has 1 heteroatoms. The first-order valence-electron chi connectivity index (χ1n) is 17.8. The number of unbranched alkanes of at least 4 members (excludes halogenated alkanes) is 3. The third-order valence-corrected chi connectivity index (χ3v) is 11.2. The van der Waals surface area contributed by atoms with Gasteiger partial charge in [0.15, 0.2) is 0 Å². The van der Waals surface area contributed by atoms with Gasteiger partial charge in [-0.05, 0) is 101 Å². The number of anilines is 2. The van der Waals surface area contributed by atoms with Gasteiger partial charge in [0.05, 0.1) is 0 Å². The Bertz CT molecular complexity index is 1760. The molecule has 0 radical (unpaired) electrons. The molecule has 0 saturated carbocycles. The van der Waals surface area contributed by atoms with E-state index < -0.39 is 0 Å². The second-order valence-electron chi connectivity index (χ2n) is 15.9. The highest BCUT2D eigenvalue weighted by atomic mass is 14.9. The summed E-state index contributed by atoms with van der Waals surface area (Å²) in [6.45, 7) is 23.2. The van der Waals surface area contributed by atoms with E-state index in [1.807, 2.05) is 0 Å². The Kier molecular flexibility index (Phi) is 8.60. The van der Waals surface area contributed by atoms with Crippen LogP contribution in [0.15, 0.2) is 79.4 Å². The van der Waals surface area contributed by atoms with E-state index in [9.17, 15) is 0 Å². The van der Waals surface area contributed by atoms with Crippen molar-refractivity contribution in [2.45, 2.75) is 123 Å². The van der Waals surface area contributed by atoms with Crippen LogP contribution in [-0.2, 0) is 35.5 Å². The first kappa shape index (κ1) is 32.4. The summed E-state index contributed by atoms with van der Waals surface area (Å²) in [4.78, 5) is 0. The van der Waals surface area contributed by atoms with Crippen LogP contribution in [0, 0.1) is 6.92 Å². The first-order valence-corrected chi connectivity index (χ1v) is 17.8. The fourth-order valence-electron chi connectivity index (χ4n) is 8.00. The zero-order valence-corrected chi connectivity index (χ0v) is 29.8. The van der Waals surface area contributed by atoms with Crippen LogP contribution >= 0.6 is 0 Å². The van der Waals surface area contributed by atoms with Crippen LogP contribution in [0.25, 0.3) is 0 Å². The minimum Gasteiger partial charge on any atom is -0.355 e. The zero-order valence-electron chi connectivity index (χ0n) is 29.8. The van der Waals surface area contributed by atoms with E-state index in [2.05, 4.69) is 140 Å². The van der Waals surface area contributed by atoms with Crippen LogP contribution in [0.3, 0.4) is 0 Å². The Hall–Kier alpha value is -3.58. The molecule has 0 amide bonds. The minimum absolute atomic E-state index is 0.151. The molecule has 0 aliphatic carbocycles. The minimum atomic E-state index is -0.179. The molecule has 0 spiro atoms. The molecule has 1 N–H and O–H groups in total. The standard InChI is InChI=1S/C45H55N/c1-10-12-14-16-32-23-35-29-36(24-32)44(6,7)38-27-34(22-31-20-18-30(3)19-21-31)28-40-42(38)46-41-37(43(35,4)5)25-33(17-15-13-11-2)26-39(41)45(40,8)9/h11,18-21,23-29,46H,2,10,12-17,22H2,1,3-9H3. The lowest BCUT2D eigenvalue weighted by molar-refractivity contribution is 0.587. The van der Waals surface area contributed by atoms with Gasteiger partial charge in [0.1, 0.15) is 0 Å². The summed E-state index contributed by atoms with van der Waals surface area (Å²) in [5.41, 5.74) is 17.7. The van der Waals surface area contributed by atoms with E-state index in [0.29, 0.717) is 0 Å². The Morgan fingerprint density at radius 1 is 0.587 bits per heavy atom. The maximum atomic E-state index is 4.16. The monoisotopic (exact) mass is 609 g/mol. The molecule has 2 aliphatic rings. The molecule has 1 nitrogen and oxygen atoms in total. The van der Waals surface area contributed by atoms with Crippen molar-refractivity contribution in [3.8, 4) is 0 Å². The second-order valence-corrected chi connectivity index (χ2v) is 15.9. The summed E-state index contributed by atoms with van der Waals surface area (Å²) in [5, 5.41) is 4.16. The summed E-state index contributed by atoms with van der Waals surface area (Å²) in [6, 6.07) is 26.8. The van der Waals surface area contributed by atoms with Crippen LogP contribution in [-0.4, -0.2) is 0 Å². The van der Waals surface area contributed by atoms with Gasteiger partial charge in [0.2, 0.25) is 0 Å². The second kappa shape index (κ2) is 12.2. The maximum absolute atomic E-state index is 4.16. The van der Waals surface area contributed by atoms with Gasteiger partial charge >= 0.3 is 0 Å². The molecule has 46 heavy (non-hydrogen) atoms. The number of hydrogen-bond donors (Lipinski definition) is 1. The fraction of sp³-hybridized carbons (Fsp3) is 0.422. The molecule has 0 saturated heterocycles. The van der Waals surface area contributed by atoms with Crippen molar-refractivity contribution in [3.05, 3.63) is 141 Å². The highest BCUT2D eigenvalue weighted by Crippen LogP contribution is 2.55. The Morgan fingerprint density at radius 3 is 1.63 bits per heavy atom. The topological polar surface area (TPSA) is 12.0 Å². The number of fused-ring (bicyclic) bond motifs is 2. The van der Waals surface area contributed by atoms with Crippen molar-refractivity contribution in [3.63, 3.8) is 0 Å². The maximum Gasteiger partial charge on any atom is 0.0467 e. The van der Waals surface area contributed by atoms with Crippen LogP contribution in [0.4, 0.5) is 11.4 Å². The lowest BCUT2D eigenvalue weighted by atomic mass is 9.64. The van der Waals surface area contributed by atoms with Crippen molar-refractivity contribution in [2.24, 2.45) is 0 Å². The van der Waals surface area contributed by atoms with E-state index in [1.165, 1.54) is 91.8 Å². The molecule has 6 rings (SSSR count). The fourth-order valence-corrected chi connectivity index (χ4v) is 8.00. The van der Waals surface area contributed by atoms with Crippen LogP contribution in [0.2, 0.25) is 0 Å². The summed E-state index contributed by atoms with van der Waals surface area (Å²) in [5.74, 6) is 0. The zero-order chi connectivity index (χ0) is 32.9. The molecule has 0 atom stereocenters. The van der Waals surface area contributed by atoms with Gasteiger partial charge in [-0.2, -0.15) is 0 Å². The molecule has 4 aromatic rings. The van der Waals surface area contributed by atoms with Crippen molar-refractivity contribution in [1.82, 2.24) is 0 Å². The summed E-state index contributed by atoms with van der Waals surface area (Å²) < 4.78 is 0. The predicted octanol–water partition coefficient (Wildman–Crippen LogP) is 12.2. The Labute approximate surface area is 279 Å². The first-order chi connectivity index (χ1) is 21.9. The molecule has 0 fully saturated rings. The normalized spacial score (nSPS) is 16.4. The summed E-state index contributed by atoms with van der Waals surface area (Å²) in [6.07, 6.45) is 11.1. The highest BCUT2D eigenvalue weighted by molar-refractivity contribution is 5.83.